The molecule has 0 bridgehead atoms. The van der Waals surface area contributed by atoms with Crippen LogP contribution < -0.4 is 5.73 Å². The third kappa shape index (κ3) is 3.66. The van der Waals surface area contributed by atoms with E-state index in [4.69, 9.17) is 11.1 Å². The van der Waals surface area contributed by atoms with Crippen molar-refractivity contribution < 1.29 is 13.2 Å². The van der Waals surface area contributed by atoms with Crippen molar-refractivity contribution in [2.45, 2.75) is 25.9 Å². The van der Waals surface area contributed by atoms with Gasteiger partial charge in [0.25, 0.3) is 0 Å². The van der Waals surface area contributed by atoms with Gasteiger partial charge in [-0.05, 0) is 25.3 Å². The van der Waals surface area contributed by atoms with Crippen molar-refractivity contribution >= 4 is 5.84 Å². The lowest BCUT2D eigenvalue weighted by molar-refractivity contribution is -0.160. The largest absolute Gasteiger partial charge is 0.399 e. The third-order valence-electron chi connectivity index (χ3n) is 2.95. The molecule has 0 radical (unpaired) electrons. The molecular formula is C10H18F3N3. The summed E-state index contributed by atoms with van der Waals surface area (Å²) in [7, 11) is 0. The Labute approximate surface area is 93.3 Å². The summed E-state index contributed by atoms with van der Waals surface area (Å²) >= 11 is 0. The summed E-state index contributed by atoms with van der Waals surface area (Å²) in [6, 6.07) is 0. The molecule has 0 aromatic carbocycles. The number of alkyl halides is 3. The Morgan fingerprint density at radius 3 is 2.62 bits per heavy atom. The van der Waals surface area contributed by atoms with Crippen LogP contribution in [0.25, 0.3) is 0 Å². The van der Waals surface area contributed by atoms with E-state index >= 15 is 0 Å². The van der Waals surface area contributed by atoms with Crippen molar-refractivity contribution in [2.75, 3.05) is 19.6 Å². The average molecular weight is 237 g/mol. The second kappa shape index (κ2) is 5.03. The molecule has 0 saturated carbocycles. The molecule has 0 aliphatic carbocycles. The van der Waals surface area contributed by atoms with Gasteiger partial charge in [-0.15, -0.1) is 0 Å². The number of nitrogens with zero attached hydrogens (tertiary/aromatic N) is 1. The molecule has 3 nitrogen and oxygen atoms in total. The van der Waals surface area contributed by atoms with Gasteiger partial charge in [0.05, 0.1) is 0 Å². The van der Waals surface area contributed by atoms with Gasteiger partial charge in [0.1, 0.15) is 11.8 Å². The maximum atomic E-state index is 12.6. The molecule has 6 heteroatoms. The van der Waals surface area contributed by atoms with Gasteiger partial charge >= 0.3 is 6.18 Å². The van der Waals surface area contributed by atoms with Gasteiger partial charge in [-0.1, -0.05) is 6.92 Å². The van der Waals surface area contributed by atoms with Crippen LogP contribution in [-0.4, -0.2) is 36.5 Å². The number of amidine groups is 1. The van der Waals surface area contributed by atoms with Crippen LogP contribution in [0.5, 0.6) is 0 Å². The average Bonchev–Trinajstić information content (AvgIpc) is 2.12. The minimum atomic E-state index is -4.41. The first-order chi connectivity index (χ1) is 7.30. The van der Waals surface area contributed by atoms with Crippen molar-refractivity contribution in [3.8, 4) is 0 Å². The molecule has 1 heterocycles. The summed E-state index contributed by atoms with van der Waals surface area (Å²) < 4.78 is 37.7. The first-order valence-electron chi connectivity index (χ1n) is 5.43. The van der Waals surface area contributed by atoms with Crippen LogP contribution in [0.1, 0.15) is 19.8 Å². The number of nitrogens with two attached hydrogens (primary N) is 1. The number of hydrogen-bond acceptors (Lipinski definition) is 2. The zero-order valence-corrected chi connectivity index (χ0v) is 9.35. The zero-order chi connectivity index (χ0) is 12.3. The number of nitrogens with one attached hydrogen (secondary N) is 1. The lowest BCUT2D eigenvalue weighted by Crippen LogP contribution is -2.46. The molecule has 3 N–H and O–H groups in total. The van der Waals surface area contributed by atoms with Crippen molar-refractivity contribution in [1.29, 1.82) is 5.41 Å². The molecule has 16 heavy (non-hydrogen) atoms. The van der Waals surface area contributed by atoms with Gasteiger partial charge in [-0.3, -0.25) is 5.41 Å². The number of likely N-dealkylation sites (tertiary alicyclic amines) is 1. The maximum Gasteiger partial charge on any atom is 0.399 e. The molecule has 1 rings (SSSR count). The van der Waals surface area contributed by atoms with Crippen LogP contribution >= 0.6 is 0 Å². The van der Waals surface area contributed by atoms with Crippen LogP contribution in [0, 0.1) is 17.2 Å². The highest BCUT2D eigenvalue weighted by molar-refractivity contribution is 5.80. The second-order valence-corrected chi connectivity index (χ2v) is 4.56. The minimum absolute atomic E-state index is 0.177. The van der Waals surface area contributed by atoms with Gasteiger partial charge in [0.15, 0.2) is 0 Å². The molecule has 94 valence electrons. The Hall–Kier alpha value is -0.780. The molecule has 0 amide bonds. The summed E-state index contributed by atoms with van der Waals surface area (Å²) in [5.41, 5.74) is 5.01. The minimum Gasteiger partial charge on any atom is -0.387 e. The fraction of sp³-hybridized carbons (Fsp3) is 0.900. The van der Waals surface area contributed by atoms with Gasteiger partial charge < -0.3 is 10.6 Å². The Morgan fingerprint density at radius 2 is 2.19 bits per heavy atom. The van der Waals surface area contributed by atoms with Crippen LogP contribution in [0.3, 0.4) is 0 Å². The van der Waals surface area contributed by atoms with Gasteiger partial charge in [-0.25, -0.2) is 0 Å². The topological polar surface area (TPSA) is 53.1 Å². The van der Waals surface area contributed by atoms with Crippen molar-refractivity contribution in [1.82, 2.24) is 4.90 Å². The van der Waals surface area contributed by atoms with E-state index in [1.165, 1.54) is 0 Å². The van der Waals surface area contributed by atoms with E-state index in [-0.39, 0.29) is 6.54 Å². The summed E-state index contributed by atoms with van der Waals surface area (Å²) in [5.74, 6) is -2.18. The lowest BCUT2D eigenvalue weighted by Gasteiger charge is -2.33. The highest BCUT2D eigenvalue weighted by atomic mass is 19.4. The molecule has 0 aromatic heterocycles. The highest BCUT2D eigenvalue weighted by Gasteiger charge is 2.43. The fourth-order valence-corrected chi connectivity index (χ4v) is 2.09. The molecule has 0 aromatic rings. The van der Waals surface area contributed by atoms with E-state index in [0.29, 0.717) is 19.0 Å². The highest BCUT2D eigenvalue weighted by Crippen LogP contribution is 2.28. The summed E-state index contributed by atoms with van der Waals surface area (Å²) in [6.07, 6.45) is -2.43. The van der Waals surface area contributed by atoms with E-state index in [1.807, 2.05) is 6.92 Å². The number of piperidine rings is 1. The van der Waals surface area contributed by atoms with E-state index in [0.717, 1.165) is 12.8 Å². The van der Waals surface area contributed by atoms with Crippen molar-refractivity contribution in [3.05, 3.63) is 0 Å². The van der Waals surface area contributed by atoms with Crippen molar-refractivity contribution in [3.63, 3.8) is 0 Å². The molecule has 1 aliphatic heterocycles. The smallest absolute Gasteiger partial charge is 0.387 e. The fourth-order valence-electron chi connectivity index (χ4n) is 2.09. The predicted octanol–water partition coefficient (Wildman–Crippen LogP) is 1.83. The third-order valence-corrected chi connectivity index (χ3v) is 2.95. The quantitative estimate of drug-likeness (QED) is 0.581. The molecule has 2 atom stereocenters. The number of rotatable bonds is 3. The van der Waals surface area contributed by atoms with Gasteiger partial charge in [-0.2, -0.15) is 13.2 Å². The summed E-state index contributed by atoms with van der Waals surface area (Å²) in [6.45, 7) is 3.19. The molecule has 0 spiro atoms. The second-order valence-electron chi connectivity index (χ2n) is 4.56. The Bertz CT molecular complexity index is 252. The number of hydrogen-bond donors (Lipinski definition) is 2. The van der Waals surface area contributed by atoms with Crippen LogP contribution in [0.15, 0.2) is 0 Å². The maximum absolute atomic E-state index is 12.6. The Balaban J connectivity index is 2.58. The predicted molar refractivity (Wildman–Crippen MR) is 56.3 cm³/mol. The molecule has 1 fully saturated rings. The standard InChI is InChI=1S/C10H18F3N3/c1-7-3-2-4-16(5-7)6-8(9(14)15)10(11,12)13/h7-8H,2-6H2,1H3,(H3,14,15). The van der Waals surface area contributed by atoms with E-state index < -0.39 is 17.9 Å². The van der Waals surface area contributed by atoms with Crippen molar-refractivity contribution in [2.24, 2.45) is 17.6 Å². The number of halogens is 3. The first-order valence-corrected chi connectivity index (χ1v) is 5.43. The molecule has 1 aliphatic rings. The molecular weight excluding hydrogens is 219 g/mol. The zero-order valence-electron chi connectivity index (χ0n) is 9.35. The Morgan fingerprint density at radius 1 is 1.56 bits per heavy atom. The lowest BCUT2D eigenvalue weighted by atomic mass is 9.98. The van der Waals surface area contributed by atoms with Crippen LogP contribution in [-0.2, 0) is 0 Å². The monoisotopic (exact) mass is 237 g/mol. The Kier molecular flexibility index (Phi) is 4.18. The summed E-state index contributed by atoms with van der Waals surface area (Å²) in [5, 5.41) is 7.01. The van der Waals surface area contributed by atoms with Crippen LogP contribution in [0.2, 0.25) is 0 Å². The van der Waals surface area contributed by atoms with Gasteiger partial charge in [0, 0.05) is 13.1 Å². The SMILES string of the molecule is CC1CCCN(CC(C(=N)N)C(F)(F)F)C1. The first kappa shape index (κ1) is 13.3. The summed E-state index contributed by atoms with van der Waals surface area (Å²) in [4.78, 5) is 1.76. The van der Waals surface area contributed by atoms with E-state index in [2.05, 4.69) is 0 Å². The molecule has 2 unspecified atom stereocenters. The van der Waals surface area contributed by atoms with Crippen LogP contribution in [0.4, 0.5) is 13.2 Å². The van der Waals surface area contributed by atoms with Gasteiger partial charge in [0.2, 0.25) is 0 Å². The van der Waals surface area contributed by atoms with E-state index in [9.17, 15) is 13.2 Å². The molecule has 1 saturated heterocycles. The van der Waals surface area contributed by atoms with E-state index in [1.54, 1.807) is 4.90 Å². The normalized spacial score (nSPS) is 25.4.